The van der Waals surface area contributed by atoms with E-state index in [2.05, 4.69) is 68.4 Å². The van der Waals surface area contributed by atoms with E-state index in [0.717, 1.165) is 11.1 Å². The van der Waals surface area contributed by atoms with Crippen LogP contribution in [0.25, 0.3) is 22.3 Å². The van der Waals surface area contributed by atoms with Crippen molar-refractivity contribution >= 4 is 5.78 Å². The van der Waals surface area contributed by atoms with Gasteiger partial charge in [0.2, 0.25) is 0 Å². The molecule has 5 rings (SSSR count). The van der Waals surface area contributed by atoms with E-state index in [0.29, 0.717) is 0 Å². The number of unbranched alkanes of at least 4 members (excludes halogenated alkanes) is 10. The molecule has 1 heteroatoms. The average molecular weight is 571 g/mol. The normalized spacial score (nSPS) is 13.1. The topological polar surface area (TPSA) is 17.1 Å². The molecule has 0 spiro atoms. The first-order valence-corrected chi connectivity index (χ1v) is 17.1. The highest BCUT2D eigenvalue weighted by molar-refractivity contribution is 6.09. The highest BCUT2D eigenvalue weighted by atomic mass is 16.1. The van der Waals surface area contributed by atoms with Crippen molar-refractivity contribution in [2.24, 2.45) is 0 Å². The molecule has 0 saturated carbocycles. The Labute approximate surface area is 260 Å². The maximum Gasteiger partial charge on any atom is 0.193 e. The summed E-state index contributed by atoms with van der Waals surface area (Å²) >= 11 is 0. The number of hydrogen-bond donors (Lipinski definition) is 0. The SMILES string of the molecule is CCCCCCCCC1(CCCCCCCC)c2ccccc2-c2ccc(-c3ccc(C(=O)c4ccccc4)cc3)cc21. The number of rotatable bonds is 17. The van der Waals surface area contributed by atoms with Crippen molar-refractivity contribution in [1.82, 2.24) is 0 Å². The third kappa shape index (κ3) is 7.20. The van der Waals surface area contributed by atoms with E-state index in [9.17, 15) is 4.79 Å². The van der Waals surface area contributed by atoms with Crippen molar-refractivity contribution < 1.29 is 4.79 Å². The molecule has 0 saturated heterocycles. The van der Waals surface area contributed by atoms with Crippen LogP contribution in [0, 0.1) is 0 Å². The van der Waals surface area contributed by atoms with Crippen LogP contribution in [0.3, 0.4) is 0 Å². The predicted octanol–water partition coefficient (Wildman–Crippen LogP) is 12.4. The second-order valence-electron chi connectivity index (χ2n) is 12.7. The van der Waals surface area contributed by atoms with Crippen molar-refractivity contribution in [3.05, 3.63) is 119 Å². The third-order valence-electron chi connectivity index (χ3n) is 9.70. The van der Waals surface area contributed by atoms with Gasteiger partial charge < -0.3 is 0 Å². The highest BCUT2D eigenvalue weighted by Crippen LogP contribution is 2.55. The second-order valence-corrected chi connectivity index (χ2v) is 12.7. The molecule has 0 aliphatic heterocycles. The molecule has 0 atom stereocenters. The van der Waals surface area contributed by atoms with Crippen LogP contribution in [0.5, 0.6) is 0 Å². The minimum absolute atomic E-state index is 0.0773. The van der Waals surface area contributed by atoms with Crippen LogP contribution in [0.4, 0.5) is 0 Å². The van der Waals surface area contributed by atoms with Crippen molar-refractivity contribution in [2.45, 2.75) is 109 Å². The van der Waals surface area contributed by atoms with Gasteiger partial charge in [-0.2, -0.15) is 0 Å². The first-order valence-electron chi connectivity index (χ1n) is 17.1. The van der Waals surface area contributed by atoms with Gasteiger partial charge >= 0.3 is 0 Å². The summed E-state index contributed by atoms with van der Waals surface area (Å²) < 4.78 is 0. The van der Waals surface area contributed by atoms with Crippen molar-refractivity contribution in [3.63, 3.8) is 0 Å². The molecule has 0 unspecified atom stereocenters. The molecule has 224 valence electrons. The quantitative estimate of drug-likeness (QED) is 0.0911. The Balaban J connectivity index is 1.44. The van der Waals surface area contributed by atoms with E-state index in [1.165, 1.54) is 118 Å². The van der Waals surface area contributed by atoms with E-state index in [1.807, 2.05) is 42.5 Å². The lowest BCUT2D eigenvalue weighted by molar-refractivity contribution is 0.103. The zero-order valence-electron chi connectivity index (χ0n) is 26.5. The third-order valence-corrected chi connectivity index (χ3v) is 9.70. The Bertz CT molecular complexity index is 1430. The van der Waals surface area contributed by atoms with Gasteiger partial charge in [-0.15, -0.1) is 0 Å². The fourth-order valence-corrected chi connectivity index (χ4v) is 7.28. The van der Waals surface area contributed by atoms with Crippen molar-refractivity contribution in [2.75, 3.05) is 0 Å². The molecule has 43 heavy (non-hydrogen) atoms. The van der Waals surface area contributed by atoms with Crippen molar-refractivity contribution in [1.29, 1.82) is 0 Å². The summed E-state index contributed by atoms with van der Waals surface area (Å²) in [7, 11) is 0. The molecule has 0 heterocycles. The maximum atomic E-state index is 13.0. The lowest BCUT2D eigenvalue weighted by Gasteiger charge is -2.33. The fraction of sp³-hybridized carbons (Fsp3) is 0.405. The van der Waals surface area contributed by atoms with Gasteiger partial charge in [0.05, 0.1) is 0 Å². The van der Waals surface area contributed by atoms with E-state index < -0.39 is 0 Å². The van der Waals surface area contributed by atoms with Crippen LogP contribution in [0.1, 0.15) is 131 Å². The number of fused-ring (bicyclic) bond motifs is 3. The summed E-state index contributed by atoms with van der Waals surface area (Å²) in [6.07, 6.45) is 18.4. The minimum atomic E-state index is 0.0773. The molecular formula is C42H50O. The molecule has 1 aliphatic rings. The van der Waals surface area contributed by atoms with Gasteiger partial charge in [-0.3, -0.25) is 4.79 Å². The molecule has 0 N–H and O–H groups in total. The average Bonchev–Trinajstić information content (AvgIpc) is 3.33. The monoisotopic (exact) mass is 570 g/mol. The van der Waals surface area contributed by atoms with Crippen LogP contribution in [-0.4, -0.2) is 5.78 Å². The first-order chi connectivity index (χ1) is 21.2. The number of ketones is 1. The van der Waals surface area contributed by atoms with Crippen LogP contribution < -0.4 is 0 Å². The van der Waals surface area contributed by atoms with Crippen LogP contribution in [0.15, 0.2) is 97.1 Å². The molecular weight excluding hydrogens is 520 g/mol. The lowest BCUT2D eigenvalue weighted by atomic mass is 9.70. The van der Waals surface area contributed by atoms with Crippen LogP contribution in [-0.2, 0) is 5.41 Å². The van der Waals surface area contributed by atoms with Gasteiger partial charge in [-0.25, -0.2) is 0 Å². The van der Waals surface area contributed by atoms with E-state index in [1.54, 1.807) is 5.56 Å². The zero-order valence-corrected chi connectivity index (χ0v) is 26.5. The number of carbonyl (C=O) groups is 1. The standard InChI is InChI=1S/C42H50O/c1-3-5-7-9-11-18-30-42(31-19-12-10-8-6-4-2)39-23-17-16-22-37(39)38-29-28-36(32-40(38)42)33-24-26-35(27-25-33)41(43)34-20-14-13-15-21-34/h13-17,20-29,32H,3-12,18-19,30-31H2,1-2H3. The lowest BCUT2D eigenvalue weighted by Crippen LogP contribution is -2.25. The largest absolute Gasteiger partial charge is 0.289 e. The van der Waals surface area contributed by atoms with E-state index in [-0.39, 0.29) is 11.2 Å². The molecule has 1 nitrogen and oxygen atoms in total. The predicted molar refractivity (Wildman–Crippen MR) is 184 cm³/mol. The second kappa shape index (κ2) is 15.3. The Morgan fingerprint density at radius 3 is 1.65 bits per heavy atom. The first kappa shape index (κ1) is 31.0. The Morgan fingerprint density at radius 2 is 1.00 bits per heavy atom. The number of carbonyl (C=O) groups excluding carboxylic acids is 1. The smallest absolute Gasteiger partial charge is 0.193 e. The summed E-state index contributed by atoms with van der Waals surface area (Å²) in [5.74, 6) is 0.0773. The highest BCUT2D eigenvalue weighted by Gasteiger charge is 2.42. The summed E-state index contributed by atoms with van der Waals surface area (Å²) in [5.41, 5.74) is 9.92. The van der Waals surface area contributed by atoms with Gasteiger partial charge in [-0.05, 0) is 52.3 Å². The van der Waals surface area contributed by atoms with Gasteiger partial charge in [-0.1, -0.05) is 182 Å². The van der Waals surface area contributed by atoms with Crippen LogP contribution >= 0.6 is 0 Å². The fourth-order valence-electron chi connectivity index (χ4n) is 7.28. The van der Waals surface area contributed by atoms with Gasteiger partial charge in [0.15, 0.2) is 5.78 Å². The molecule has 0 radical (unpaired) electrons. The van der Waals surface area contributed by atoms with Crippen molar-refractivity contribution in [3.8, 4) is 22.3 Å². The number of hydrogen-bond acceptors (Lipinski definition) is 1. The molecule has 4 aromatic rings. The van der Waals surface area contributed by atoms with E-state index >= 15 is 0 Å². The Kier molecular flexibility index (Phi) is 11.0. The van der Waals surface area contributed by atoms with E-state index in [4.69, 9.17) is 0 Å². The summed E-state index contributed by atoms with van der Waals surface area (Å²) in [4.78, 5) is 13.0. The Hall–Kier alpha value is -3.45. The summed E-state index contributed by atoms with van der Waals surface area (Å²) in [5, 5.41) is 0. The number of benzene rings is 4. The maximum absolute atomic E-state index is 13.0. The molecule has 0 bridgehead atoms. The molecule has 0 amide bonds. The molecule has 0 aromatic heterocycles. The summed E-state index contributed by atoms with van der Waals surface area (Å²) in [6, 6.07) is 34.2. The Morgan fingerprint density at radius 1 is 0.488 bits per heavy atom. The van der Waals surface area contributed by atoms with Gasteiger partial charge in [0.25, 0.3) is 0 Å². The van der Waals surface area contributed by atoms with Gasteiger partial charge in [0.1, 0.15) is 0 Å². The molecule has 0 fully saturated rings. The minimum Gasteiger partial charge on any atom is -0.289 e. The zero-order chi connectivity index (χ0) is 29.9. The molecule has 1 aliphatic carbocycles. The van der Waals surface area contributed by atoms with Gasteiger partial charge in [0, 0.05) is 16.5 Å². The van der Waals surface area contributed by atoms with Crippen LogP contribution in [0.2, 0.25) is 0 Å². The summed E-state index contributed by atoms with van der Waals surface area (Å²) in [6.45, 7) is 4.60. The molecule has 4 aromatic carbocycles.